The Morgan fingerprint density at radius 1 is 1.03 bits per heavy atom. The predicted molar refractivity (Wildman–Crippen MR) is 119 cm³/mol. The van der Waals surface area contributed by atoms with E-state index in [9.17, 15) is 9.18 Å². The second-order valence-electron chi connectivity index (χ2n) is 7.83. The van der Waals surface area contributed by atoms with E-state index in [2.05, 4.69) is 10.2 Å². The van der Waals surface area contributed by atoms with Gasteiger partial charge in [-0.15, -0.1) is 0 Å². The third-order valence-corrected chi connectivity index (χ3v) is 5.74. The van der Waals surface area contributed by atoms with Crippen LogP contribution in [0.4, 0.5) is 14.5 Å². The van der Waals surface area contributed by atoms with Crippen LogP contribution in [0, 0.1) is 11.7 Å². The molecule has 0 amide bonds. The van der Waals surface area contributed by atoms with Crippen molar-refractivity contribution in [3.8, 4) is 22.8 Å². The average Bonchev–Trinajstić information content (AvgIpc) is 3.50. The van der Waals surface area contributed by atoms with Crippen molar-refractivity contribution in [1.29, 1.82) is 0 Å². The molecule has 0 saturated carbocycles. The second kappa shape index (κ2) is 8.37. The van der Waals surface area contributed by atoms with Gasteiger partial charge in [0.05, 0.1) is 24.3 Å². The largest absolute Gasteiger partial charge is 0.371 e. The van der Waals surface area contributed by atoms with E-state index in [4.69, 9.17) is 0 Å². The fraction of sp³-hybridized carbons (Fsp3) is 0.208. The van der Waals surface area contributed by atoms with E-state index in [1.165, 1.54) is 23.0 Å². The van der Waals surface area contributed by atoms with Gasteiger partial charge in [-0.25, -0.2) is 13.8 Å². The average molecular weight is 433 g/mol. The Kier molecular flexibility index (Phi) is 5.26. The molecule has 1 fully saturated rings. The molecule has 3 heterocycles. The minimum atomic E-state index is -0.468. The van der Waals surface area contributed by atoms with Gasteiger partial charge >= 0.3 is 0 Å². The van der Waals surface area contributed by atoms with Crippen LogP contribution >= 0.6 is 0 Å². The van der Waals surface area contributed by atoms with Gasteiger partial charge in [0.15, 0.2) is 11.5 Å². The van der Waals surface area contributed by atoms with Crippen LogP contribution in [0.15, 0.2) is 77.9 Å². The number of hydrogen-bond donors (Lipinski definition) is 0. The zero-order valence-electron chi connectivity index (χ0n) is 17.2. The smallest absolute Gasteiger partial charge is 0.209 e. The Morgan fingerprint density at radius 2 is 1.88 bits per heavy atom. The summed E-state index contributed by atoms with van der Waals surface area (Å²) in [7, 11) is 0. The standard InChI is InChI=1S/C24H21F2N5O/c25-15-17-9-12-29(16-17)19-6-7-21(20(26)14-19)30-13-10-23(32)24(28-30)22-8-11-27-31(22)18-4-2-1-3-5-18/h1-8,10-11,13-14,17H,9,12,15-16H2. The topological polar surface area (TPSA) is 56.0 Å². The number of nitrogens with zero attached hydrogens (tertiary/aromatic N) is 5. The number of hydrogen-bond acceptors (Lipinski definition) is 4. The minimum Gasteiger partial charge on any atom is -0.371 e. The van der Waals surface area contributed by atoms with Gasteiger partial charge in [-0.2, -0.15) is 10.2 Å². The summed E-state index contributed by atoms with van der Waals surface area (Å²) < 4.78 is 30.9. The second-order valence-corrected chi connectivity index (χ2v) is 7.83. The molecule has 162 valence electrons. The van der Waals surface area contributed by atoms with E-state index in [0.29, 0.717) is 24.5 Å². The summed E-state index contributed by atoms with van der Waals surface area (Å²) in [6.07, 6.45) is 3.80. The first kappa shape index (κ1) is 20.1. The van der Waals surface area contributed by atoms with Gasteiger partial charge in [-0.1, -0.05) is 18.2 Å². The first-order valence-corrected chi connectivity index (χ1v) is 10.4. The van der Waals surface area contributed by atoms with Crippen LogP contribution in [0.25, 0.3) is 22.8 Å². The maximum absolute atomic E-state index is 15.0. The number of aromatic nitrogens is 4. The van der Waals surface area contributed by atoms with E-state index in [-0.39, 0.29) is 29.4 Å². The Balaban J connectivity index is 1.51. The Morgan fingerprint density at radius 3 is 2.62 bits per heavy atom. The highest BCUT2D eigenvalue weighted by Crippen LogP contribution is 2.27. The third kappa shape index (κ3) is 3.68. The van der Waals surface area contributed by atoms with Crippen LogP contribution in [0.5, 0.6) is 0 Å². The van der Waals surface area contributed by atoms with E-state index in [1.807, 2.05) is 35.2 Å². The zero-order valence-corrected chi connectivity index (χ0v) is 17.2. The normalized spacial score (nSPS) is 15.9. The summed E-state index contributed by atoms with van der Waals surface area (Å²) in [5, 5.41) is 8.74. The van der Waals surface area contributed by atoms with Crippen LogP contribution in [-0.2, 0) is 0 Å². The highest BCUT2D eigenvalue weighted by Gasteiger charge is 2.23. The molecule has 1 aliphatic heterocycles. The van der Waals surface area contributed by atoms with Crippen molar-refractivity contribution in [2.45, 2.75) is 6.42 Å². The molecule has 1 unspecified atom stereocenters. The molecule has 0 radical (unpaired) electrons. The number of para-hydroxylation sites is 1. The maximum Gasteiger partial charge on any atom is 0.209 e. The molecule has 8 heteroatoms. The molecule has 5 rings (SSSR count). The zero-order chi connectivity index (χ0) is 22.1. The number of anilines is 1. The van der Waals surface area contributed by atoms with Crippen molar-refractivity contribution in [2.24, 2.45) is 5.92 Å². The summed E-state index contributed by atoms with van der Waals surface area (Å²) >= 11 is 0. The first-order chi connectivity index (χ1) is 15.6. The summed E-state index contributed by atoms with van der Waals surface area (Å²) in [6.45, 7) is 0.928. The number of rotatable bonds is 5. The monoisotopic (exact) mass is 433 g/mol. The Labute approximate surface area is 183 Å². The van der Waals surface area contributed by atoms with Gasteiger partial charge in [-0.05, 0) is 42.8 Å². The molecule has 1 aliphatic rings. The lowest BCUT2D eigenvalue weighted by molar-refractivity contribution is 0.385. The molecule has 4 aromatic rings. The lowest BCUT2D eigenvalue weighted by atomic mass is 10.1. The van der Waals surface area contributed by atoms with Crippen LogP contribution in [0.3, 0.4) is 0 Å². The molecule has 0 N–H and O–H groups in total. The van der Waals surface area contributed by atoms with Crippen LogP contribution in [0.2, 0.25) is 0 Å². The highest BCUT2D eigenvalue weighted by molar-refractivity contribution is 5.58. The van der Waals surface area contributed by atoms with Gasteiger partial charge in [0.1, 0.15) is 5.69 Å². The molecule has 0 spiro atoms. The maximum atomic E-state index is 15.0. The summed E-state index contributed by atoms with van der Waals surface area (Å²) in [5.74, 6) is -0.472. The van der Waals surface area contributed by atoms with Gasteiger partial charge in [0.25, 0.3) is 0 Å². The lowest BCUT2D eigenvalue weighted by Crippen LogP contribution is -2.20. The fourth-order valence-electron chi connectivity index (χ4n) is 4.05. The lowest BCUT2D eigenvalue weighted by Gasteiger charge is -2.19. The molecule has 32 heavy (non-hydrogen) atoms. The molecule has 2 aromatic carbocycles. The number of benzene rings is 2. The van der Waals surface area contributed by atoms with E-state index >= 15 is 4.39 Å². The molecule has 2 aromatic heterocycles. The summed E-state index contributed by atoms with van der Waals surface area (Å²) in [6, 6.07) is 17.3. The molecule has 1 saturated heterocycles. The molecular weight excluding hydrogens is 412 g/mol. The van der Waals surface area contributed by atoms with Crippen LogP contribution < -0.4 is 10.3 Å². The Bertz CT molecular complexity index is 1300. The first-order valence-electron chi connectivity index (χ1n) is 10.4. The van der Waals surface area contributed by atoms with Crippen LogP contribution in [0.1, 0.15) is 6.42 Å². The van der Waals surface area contributed by atoms with Crippen molar-refractivity contribution in [3.05, 3.63) is 89.1 Å². The van der Waals surface area contributed by atoms with Crippen molar-refractivity contribution in [1.82, 2.24) is 19.6 Å². The summed E-state index contributed by atoms with van der Waals surface area (Å²) in [4.78, 5) is 14.6. The molecule has 0 bridgehead atoms. The van der Waals surface area contributed by atoms with Crippen LogP contribution in [-0.4, -0.2) is 39.3 Å². The SMILES string of the molecule is O=c1ccn(-c2ccc(N3CCC(CF)C3)cc2F)nc1-c1ccnn1-c1ccccc1. The van der Waals surface area contributed by atoms with Gasteiger partial charge < -0.3 is 4.90 Å². The van der Waals surface area contributed by atoms with E-state index in [1.54, 1.807) is 29.1 Å². The fourth-order valence-corrected chi connectivity index (χ4v) is 4.05. The molecular formula is C24H21F2N5O. The number of halogens is 2. The van der Waals surface area contributed by atoms with E-state index < -0.39 is 5.82 Å². The third-order valence-electron chi connectivity index (χ3n) is 5.74. The quantitative estimate of drug-likeness (QED) is 0.477. The van der Waals surface area contributed by atoms with E-state index in [0.717, 1.165) is 12.1 Å². The van der Waals surface area contributed by atoms with Crippen molar-refractivity contribution < 1.29 is 8.78 Å². The van der Waals surface area contributed by atoms with Crippen molar-refractivity contribution in [2.75, 3.05) is 24.7 Å². The minimum absolute atomic E-state index is 0.00426. The molecule has 1 atom stereocenters. The highest BCUT2D eigenvalue weighted by atomic mass is 19.1. The van der Waals surface area contributed by atoms with Crippen molar-refractivity contribution in [3.63, 3.8) is 0 Å². The van der Waals surface area contributed by atoms with Gasteiger partial charge in [0, 0.05) is 37.0 Å². The predicted octanol–water partition coefficient (Wildman–Crippen LogP) is 4.02. The number of alkyl halides is 1. The van der Waals surface area contributed by atoms with Crippen molar-refractivity contribution >= 4 is 5.69 Å². The molecule has 6 nitrogen and oxygen atoms in total. The molecule has 0 aliphatic carbocycles. The Hall–Kier alpha value is -3.81. The summed E-state index contributed by atoms with van der Waals surface area (Å²) in [5.41, 5.74) is 2.12. The van der Waals surface area contributed by atoms with Gasteiger partial charge in [-0.3, -0.25) is 9.18 Å². The van der Waals surface area contributed by atoms with Gasteiger partial charge in [0.2, 0.25) is 5.43 Å².